The van der Waals surface area contributed by atoms with Crippen molar-refractivity contribution in [1.29, 1.82) is 0 Å². The third-order valence-corrected chi connectivity index (χ3v) is 2.06. The van der Waals surface area contributed by atoms with Crippen LogP contribution >= 0.6 is 0 Å². The second-order valence-electron chi connectivity index (χ2n) is 3.42. The summed E-state index contributed by atoms with van der Waals surface area (Å²) in [7, 11) is 0. The molecule has 122 valence electrons. The fourth-order valence-corrected chi connectivity index (χ4v) is 1.21. The number of aliphatic hydroxyl groups is 3. The topological polar surface area (TPSA) is 218 Å². The fraction of sp³-hybridized carbons (Fsp3) is 1.00. The van der Waals surface area contributed by atoms with Gasteiger partial charge in [-0.1, -0.05) is 0 Å². The van der Waals surface area contributed by atoms with Gasteiger partial charge >= 0.3 is 0 Å². The number of hydrogen-bond acceptors (Lipinski definition) is 12. The number of aliphatic hydroxyl groups excluding tert-OH is 3. The first-order valence-electron chi connectivity index (χ1n) is 5.05. The van der Waals surface area contributed by atoms with Crippen molar-refractivity contribution in [1.82, 2.24) is 0 Å². The smallest absolute Gasteiger partial charge is 0.294 e. The molecule has 0 spiro atoms. The second kappa shape index (κ2) is 8.61. The Morgan fingerprint density at radius 1 is 0.952 bits per heavy atom. The molecule has 0 rings (SSSR count). The summed E-state index contributed by atoms with van der Waals surface area (Å²) in [5, 5.41) is 53.6. The normalized spacial score (nSPS) is 16.1. The molecule has 4 atom stereocenters. The highest BCUT2D eigenvalue weighted by Crippen LogP contribution is 2.14. The van der Waals surface area contributed by atoms with Crippen molar-refractivity contribution in [2.45, 2.75) is 24.4 Å². The monoisotopic (exact) mass is 317 g/mol. The first-order chi connectivity index (χ1) is 9.68. The minimum absolute atomic E-state index is 1.07. The lowest BCUT2D eigenvalue weighted by Crippen LogP contribution is -2.51. The van der Waals surface area contributed by atoms with Crippen molar-refractivity contribution in [3.05, 3.63) is 30.3 Å². The summed E-state index contributed by atoms with van der Waals surface area (Å²) in [6.45, 7) is -2.28. The molecule has 0 fully saturated rings. The molecule has 0 aromatic heterocycles. The van der Waals surface area contributed by atoms with Gasteiger partial charge in [-0.3, -0.25) is 0 Å². The summed E-state index contributed by atoms with van der Waals surface area (Å²) in [5.41, 5.74) is 0. The minimum Gasteiger partial charge on any atom is -0.394 e. The Hall–Kier alpha value is -2.52. The van der Waals surface area contributed by atoms with E-state index in [-0.39, 0.29) is 0 Å². The second-order valence-corrected chi connectivity index (χ2v) is 3.42. The van der Waals surface area contributed by atoms with Gasteiger partial charge in [0.15, 0.2) is 12.2 Å². The van der Waals surface area contributed by atoms with Crippen LogP contribution in [0.3, 0.4) is 0 Å². The fourth-order valence-electron chi connectivity index (χ4n) is 1.21. The summed E-state index contributed by atoms with van der Waals surface area (Å²) in [5.74, 6) is 0. The number of hydrogen-bond donors (Lipinski definition) is 3. The SMILES string of the molecule is O=[N+]([O-])OC[C@H](O[N+](=O)[O-])[C@@H](O[N+](=O)[O-])[C@H](O)[C@H](O)CO. The highest BCUT2D eigenvalue weighted by molar-refractivity contribution is 4.81. The molecule has 3 N–H and O–H groups in total. The highest BCUT2D eigenvalue weighted by Gasteiger charge is 2.39. The van der Waals surface area contributed by atoms with E-state index in [1.54, 1.807) is 0 Å². The maximum Gasteiger partial charge on any atom is 0.294 e. The molecular weight excluding hydrogens is 306 g/mol. The van der Waals surface area contributed by atoms with Crippen molar-refractivity contribution in [2.75, 3.05) is 13.2 Å². The Bertz CT molecular complexity index is 376. The van der Waals surface area contributed by atoms with Gasteiger partial charge in [0.2, 0.25) is 0 Å². The van der Waals surface area contributed by atoms with Crippen molar-refractivity contribution in [2.24, 2.45) is 0 Å². The van der Waals surface area contributed by atoms with Gasteiger partial charge in [0, 0.05) is 0 Å². The lowest BCUT2D eigenvalue weighted by Gasteiger charge is -2.28. The molecule has 15 heteroatoms. The van der Waals surface area contributed by atoms with Crippen LogP contribution in [0.5, 0.6) is 0 Å². The van der Waals surface area contributed by atoms with Crippen LogP contribution in [-0.2, 0) is 14.5 Å². The maximum atomic E-state index is 10.3. The van der Waals surface area contributed by atoms with E-state index in [2.05, 4.69) is 14.5 Å². The van der Waals surface area contributed by atoms with Gasteiger partial charge in [-0.2, -0.15) is 0 Å². The van der Waals surface area contributed by atoms with Crippen molar-refractivity contribution >= 4 is 0 Å². The van der Waals surface area contributed by atoms with Gasteiger partial charge in [-0.25, -0.2) is 0 Å². The Labute approximate surface area is 114 Å². The van der Waals surface area contributed by atoms with Gasteiger partial charge in [0.25, 0.3) is 15.3 Å². The first kappa shape index (κ1) is 18.5. The standard InChI is InChI=1S/C6H11N3O12/c10-1-3(11)5(12)6(21-9(17)18)4(20-8(15)16)2-19-7(13)14/h3-6,10-12H,1-2H2/t3-,4+,5-,6-/m1/s1. The van der Waals surface area contributed by atoms with E-state index in [9.17, 15) is 35.4 Å². The molecule has 15 nitrogen and oxygen atoms in total. The average molecular weight is 317 g/mol. The molecule has 0 bridgehead atoms. The summed E-state index contributed by atoms with van der Waals surface area (Å²) in [6, 6.07) is 0. The summed E-state index contributed by atoms with van der Waals surface area (Å²) in [4.78, 5) is 42.1. The average Bonchev–Trinajstić information content (AvgIpc) is 2.38. The minimum atomic E-state index is -2.23. The van der Waals surface area contributed by atoms with Crippen LogP contribution in [0.25, 0.3) is 0 Å². The lowest BCUT2D eigenvalue weighted by atomic mass is 10.0. The third-order valence-electron chi connectivity index (χ3n) is 2.06. The van der Waals surface area contributed by atoms with E-state index in [4.69, 9.17) is 10.2 Å². The molecular formula is C6H11N3O12. The van der Waals surface area contributed by atoms with Crippen molar-refractivity contribution < 1.29 is 45.1 Å². The molecule has 0 saturated heterocycles. The number of rotatable bonds is 11. The van der Waals surface area contributed by atoms with Gasteiger partial charge in [0.05, 0.1) is 6.61 Å². The Morgan fingerprint density at radius 3 is 1.86 bits per heavy atom. The predicted molar refractivity (Wildman–Crippen MR) is 55.8 cm³/mol. The van der Waals surface area contributed by atoms with E-state index in [0.717, 1.165) is 0 Å². The van der Waals surface area contributed by atoms with Crippen LogP contribution in [0.1, 0.15) is 0 Å². The molecule has 0 radical (unpaired) electrons. The van der Waals surface area contributed by atoms with Crippen LogP contribution in [0.15, 0.2) is 0 Å². The molecule has 0 aromatic carbocycles. The van der Waals surface area contributed by atoms with Crippen LogP contribution in [0.2, 0.25) is 0 Å². The maximum absolute atomic E-state index is 10.3. The molecule has 0 amide bonds. The predicted octanol–water partition coefficient (Wildman–Crippen LogP) is -2.94. The molecule has 0 heterocycles. The van der Waals surface area contributed by atoms with Gasteiger partial charge < -0.3 is 29.8 Å². The van der Waals surface area contributed by atoms with E-state index in [1.165, 1.54) is 0 Å². The van der Waals surface area contributed by atoms with E-state index >= 15 is 0 Å². The van der Waals surface area contributed by atoms with Crippen LogP contribution in [0.4, 0.5) is 0 Å². The largest absolute Gasteiger partial charge is 0.394 e. The van der Waals surface area contributed by atoms with Gasteiger partial charge in [-0.05, 0) is 0 Å². The molecule has 0 aliphatic rings. The van der Waals surface area contributed by atoms with Gasteiger partial charge in [0.1, 0.15) is 18.8 Å². The number of nitrogens with zero attached hydrogens (tertiary/aromatic N) is 3. The highest BCUT2D eigenvalue weighted by atomic mass is 17.0. The summed E-state index contributed by atoms with van der Waals surface area (Å²) in [6.07, 6.45) is -8.55. The summed E-state index contributed by atoms with van der Waals surface area (Å²) >= 11 is 0. The van der Waals surface area contributed by atoms with E-state index in [0.29, 0.717) is 0 Å². The molecule has 0 aromatic rings. The lowest BCUT2D eigenvalue weighted by molar-refractivity contribution is -0.811. The Morgan fingerprint density at radius 2 is 1.48 bits per heavy atom. The first-order valence-corrected chi connectivity index (χ1v) is 5.05. The molecule has 0 aliphatic heterocycles. The quantitative estimate of drug-likeness (QED) is 0.257. The van der Waals surface area contributed by atoms with E-state index < -0.39 is 52.9 Å². The van der Waals surface area contributed by atoms with Crippen LogP contribution in [0, 0.1) is 30.3 Å². The zero-order valence-corrected chi connectivity index (χ0v) is 10.1. The molecule has 0 aliphatic carbocycles. The van der Waals surface area contributed by atoms with Crippen molar-refractivity contribution in [3.63, 3.8) is 0 Å². The molecule has 0 saturated carbocycles. The molecule has 21 heavy (non-hydrogen) atoms. The van der Waals surface area contributed by atoms with Crippen LogP contribution in [-0.4, -0.2) is 68.2 Å². The zero-order chi connectivity index (χ0) is 16.6. The van der Waals surface area contributed by atoms with Gasteiger partial charge in [-0.15, -0.1) is 30.3 Å². The summed E-state index contributed by atoms with van der Waals surface area (Å²) < 4.78 is 0. The molecule has 0 unspecified atom stereocenters. The van der Waals surface area contributed by atoms with Crippen LogP contribution < -0.4 is 0 Å². The zero-order valence-electron chi connectivity index (χ0n) is 10.1. The third kappa shape index (κ3) is 6.99. The van der Waals surface area contributed by atoms with E-state index in [1.807, 2.05) is 0 Å². The Kier molecular flexibility index (Phi) is 7.58. The Balaban J connectivity index is 5.17. The van der Waals surface area contributed by atoms with Crippen molar-refractivity contribution in [3.8, 4) is 0 Å².